The number of amides is 1. The first-order valence-electron chi connectivity index (χ1n) is 6.67. The summed E-state index contributed by atoms with van der Waals surface area (Å²) in [6.45, 7) is 3.16. The molecule has 5 heteroatoms. The molecule has 0 radical (unpaired) electrons. The maximum atomic E-state index is 11.9. The minimum Gasteiger partial charge on any atom is -0.486 e. The van der Waals surface area contributed by atoms with E-state index in [1.54, 1.807) is 18.2 Å². The molecule has 0 aliphatic carbocycles. The Morgan fingerprint density at radius 1 is 1.37 bits per heavy atom. The number of ether oxygens (including phenoxy) is 2. The number of benzene rings is 1. The summed E-state index contributed by atoms with van der Waals surface area (Å²) in [4.78, 5) is 11.9. The fraction of sp³-hybridized carbons (Fsp3) is 0.500. The number of anilines is 1. The highest BCUT2D eigenvalue weighted by atomic mass is 16.6. The molecule has 1 unspecified atom stereocenters. The molecule has 1 heterocycles. The van der Waals surface area contributed by atoms with Crippen LogP contribution in [0, 0.1) is 0 Å². The summed E-state index contributed by atoms with van der Waals surface area (Å²) >= 11 is 0. The minimum absolute atomic E-state index is 0.162. The highest BCUT2D eigenvalue weighted by molar-refractivity contribution is 5.94. The lowest BCUT2D eigenvalue weighted by atomic mass is 10.1. The molecule has 19 heavy (non-hydrogen) atoms. The van der Waals surface area contributed by atoms with Crippen LogP contribution in [0.15, 0.2) is 18.2 Å². The third kappa shape index (κ3) is 3.61. The normalized spacial score (nSPS) is 14.8. The van der Waals surface area contributed by atoms with Gasteiger partial charge in [-0.1, -0.05) is 19.8 Å². The van der Waals surface area contributed by atoms with E-state index < -0.39 is 6.04 Å². The Morgan fingerprint density at radius 3 is 2.84 bits per heavy atom. The van der Waals surface area contributed by atoms with Crippen molar-refractivity contribution in [1.82, 2.24) is 0 Å². The zero-order valence-electron chi connectivity index (χ0n) is 11.1. The molecular weight excluding hydrogens is 244 g/mol. The molecule has 1 aliphatic rings. The second kappa shape index (κ2) is 6.43. The number of rotatable bonds is 5. The molecule has 1 amide bonds. The van der Waals surface area contributed by atoms with E-state index in [1.165, 1.54) is 0 Å². The number of nitrogens with two attached hydrogens (primary N) is 1. The van der Waals surface area contributed by atoms with Gasteiger partial charge in [0, 0.05) is 11.8 Å². The van der Waals surface area contributed by atoms with Gasteiger partial charge in [-0.25, -0.2) is 0 Å². The van der Waals surface area contributed by atoms with Gasteiger partial charge in [0.05, 0.1) is 6.04 Å². The molecule has 0 saturated carbocycles. The molecule has 5 nitrogen and oxygen atoms in total. The van der Waals surface area contributed by atoms with Gasteiger partial charge >= 0.3 is 0 Å². The fourth-order valence-corrected chi connectivity index (χ4v) is 1.91. The lowest BCUT2D eigenvalue weighted by molar-refractivity contribution is -0.117. The predicted octanol–water partition coefficient (Wildman–Crippen LogP) is 1.91. The van der Waals surface area contributed by atoms with Gasteiger partial charge in [0.15, 0.2) is 11.5 Å². The summed E-state index contributed by atoms with van der Waals surface area (Å²) < 4.78 is 10.9. The van der Waals surface area contributed by atoms with Crippen LogP contribution in [0.25, 0.3) is 0 Å². The van der Waals surface area contributed by atoms with Gasteiger partial charge in [-0.2, -0.15) is 0 Å². The molecule has 0 saturated heterocycles. The largest absolute Gasteiger partial charge is 0.486 e. The van der Waals surface area contributed by atoms with E-state index in [4.69, 9.17) is 15.2 Å². The number of fused-ring (bicyclic) bond motifs is 1. The van der Waals surface area contributed by atoms with Crippen molar-refractivity contribution in [1.29, 1.82) is 0 Å². The Balaban J connectivity index is 1.97. The van der Waals surface area contributed by atoms with Crippen LogP contribution in [0.2, 0.25) is 0 Å². The average Bonchev–Trinajstić information content (AvgIpc) is 2.44. The summed E-state index contributed by atoms with van der Waals surface area (Å²) in [5, 5.41) is 2.80. The van der Waals surface area contributed by atoms with Crippen LogP contribution in [-0.4, -0.2) is 25.2 Å². The topological polar surface area (TPSA) is 73.6 Å². The number of nitrogens with one attached hydrogen (secondary N) is 1. The number of hydrogen-bond acceptors (Lipinski definition) is 4. The first-order chi connectivity index (χ1) is 9.20. The van der Waals surface area contributed by atoms with Crippen LogP contribution in [-0.2, 0) is 4.79 Å². The van der Waals surface area contributed by atoms with Gasteiger partial charge in [0.25, 0.3) is 0 Å². The maximum absolute atomic E-state index is 11.9. The standard InChI is InChI=1S/C14H20N2O3/c1-2-3-4-11(15)14(17)16-10-5-6-12-13(9-10)19-8-7-18-12/h5-6,9,11H,2-4,7-8,15H2,1H3,(H,16,17). The fourth-order valence-electron chi connectivity index (χ4n) is 1.91. The lowest BCUT2D eigenvalue weighted by Gasteiger charge is -2.19. The summed E-state index contributed by atoms with van der Waals surface area (Å²) in [5.41, 5.74) is 6.50. The monoisotopic (exact) mass is 264 g/mol. The van der Waals surface area contributed by atoms with Crippen LogP contribution in [0.1, 0.15) is 26.2 Å². The van der Waals surface area contributed by atoms with E-state index in [0.29, 0.717) is 36.8 Å². The molecule has 0 spiro atoms. The molecule has 3 N–H and O–H groups in total. The second-order valence-corrected chi connectivity index (χ2v) is 4.60. The van der Waals surface area contributed by atoms with Crippen molar-refractivity contribution < 1.29 is 14.3 Å². The zero-order valence-corrected chi connectivity index (χ0v) is 11.1. The maximum Gasteiger partial charge on any atom is 0.241 e. The number of unbranched alkanes of at least 4 members (excludes halogenated alkanes) is 1. The Kier molecular flexibility index (Phi) is 4.63. The van der Waals surface area contributed by atoms with E-state index in [0.717, 1.165) is 12.8 Å². The first-order valence-corrected chi connectivity index (χ1v) is 6.67. The molecule has 104 valence electrons. The van der Waals surface area contributed by atoms with E-state index in [9.17, 15) is 4.79 Å². The van der Waals surface area contributed by atoms with Gasteiger partial charge in [-0.3, -0.25) is 4.79 Å². The van der Waals surface area contributed by atoms with Gasteiger partial charge in [-0.15, -0.1) is 0 Å². The Labute approximate surface area is 113 Å². The molecule has 2 rings (SSSR count). The van der Waals surface area contributed by atoms with Crippen LogP contribution >= 0.6 is 0 Å². The second-order valence-electron chi connectivity index (χ2n) is 4.60. The van der Waals surface area contributed by atoms with E-state index in [-0.39, 0.29) is 5.91 Å². The van der Waals surface area contributed by atoms with Crippen molar-refractivity contribution in [3.8, 4) is 11.5 Å². The third-order valence-electron chi connectivity index (χ3n) is 3.02. The average molecular weight is 264 g/mol. The minimum atomic E-state index is -0.465. The van der Waals surface area contributed by atoms with Crippen molar-refractivity contribution in [2.24, 2.45) is 5.73 Å². The third-order valence-corrected chi connectivity index (χ3v) is 3.02. The Bertz CT molecular complexity index is 448. The van der Waals surface area contributed by atoms with Gasteiger partial charge < -0.3 is 20.5 Å². The van der Waals surface area contributed by atoms with Crippen molar-refractivity contribution in [2.75, 3.05) is 18.5 Å². The molecule has 0 aromatic heterocycles. The predicted molar refractivity (Wildman–Crippen MR) is 73.6 cm³/mol. The quantitative estimate of drug-likeness (QED) is 0.852. The first kappa shape index (κ1) is 13.7. The van der Waals surface area contributed by atoms with E-state index in [1.807, 2.05) is 0 Å². The summed E-state index contributed by atoms with van der Waals surface area (Å²) in [5.74, 6) is 1.20. The molecule has 1 aliphatic heterocycles. The van der Waals surface area contributed by atoms with Gasteiger partial charge in [-0.05, 0) is 18.6 Å². The highest BCUT2D eigenvalue weighted by Crippen LogP contribution is 2.32. The number of hydrogen-bond donors (Lipinski definition) is 2. The van der Waals surface area contributed by atoms with Crippen LogP contribution < -0.4 is 20.5 Å². The van der Waals surface area contributed by atoms with E-state index in [2.05, 4.69) is 12.2 Å². The van der Waals surface area contributed by atoms with Crippen LogP contribution in [0.4, 0.5) is 5.69 Å². The molecule has 1 aromatic rings. The van der Waals surface area contributed by atoms with Crippen LogP contribution in [0.3, 0.4) is 0 Å². The van der Waals surface area contributed by atoms with E-state index >= 15 is 0 Å². The molecular formula is C14H20N2O3. The van der Waals surface area contributed by atoms with Crippen molar-refractivity contribution >= 4 is 11.6 Å². The van der Waals surface area contributed by atoms with Gasteiger partial charge in [0.2, 0.25) is 5.91 Å². The summed E-state index contributed by atoms with van der Waals surface area (Å²) in [6.07, 6.45) is 2.69. The smallest absolute Gasteiger partial charge is 0.241 e. The summed E-state index contributed by atoms with van der Waals surface area (Å²) in [6, 6.07) is 4.88. The Morgan fingerprint density at radius 2 is 2.11 bits per heavy atom. The molecule has 0 fully saturated rings. The lowest BCUT2D eigenvalue weighted by Crippen LogP contribution is -2.35. The highest BCUT2D eigenvalue weighted by Gasteiger charge is 2.15. The van der Waals surface area contributed by atoms with Crippen LogP contribution in [0.5, 0.6) is 11.5 Å². The SMILES string of the molecule is CCCCC(N)C(=O)Nc1ccc2c(c1)OCCO2. The van der Waals surface area contributed by atoms with Crippen molar-refractivity contribution in [2.45, 2.75) is 32.2 Å². The number of carbonyl (C=O) groups excluding carboxylic acids is 1. The molecule has 1 aromatic carbocycles. The van der Waals surface area contributed by atoms with Crippen molar-refractivity contribution in [3.05, 3.63) is 18.2 Å². The Hall–Kier alpha value is -1.75. The molecule has 0 bridgehead atoms. The molecule has 1 atom stereocenters. The van der Waals surface area contributed by atoms with Crippen molar-refractivity contribution in [3.63, 3.8) is 0 Å². The summed E-state index contributed by atoms with van der Waals surface area (Å²) in [7, 11) is 0. The van der Waals surface area contributed by atoms with Gasteiger partial charge in [0.1, 0.15) is 13.2 Å². The zero-order chi connectivity index (χ0) is 13.7. The number of carbonyl (C=O) groups is 1.